The highest BCUT2D eigenvalue weighted by atomic mass is 32.2. The minimum Gasteiger partial charge on any atom is -0.310 e. The number of para-hydroxylation sites is 1. The Kier molecular flexibility index (Phi) is 7.53. The van der Waals surface area contributed by atoms with Crippen molar-refractivity contribution in [3.05, 3.63) is 127 Å². The van der Waals surface area contributed by atoms with E-state index in [4.69, 9.17) is 9.97 Å². The first-order valence-electron chi connectivity index (χ1n) is 18.1. The van der Waals surface area contributed by atoms with Gasteiger partial charge in [-0.25, -0.2) is 9.97 Å². The van der Waals surface area contributed by atoms with Gasteiger partial charge in [0.05, 0.1) is 34.0 Å². The zero-order chi connectivity index (χ0) is 33.2. The molecule has 0 saturated heterocycles. The molecule has 49 heavy (non-hydrogen) atoms. The zero-order valence-corrected chi connectivity index (χ0v) is 29.0. The molecule has 3 aromatic carbocycles. The molecule has 7 heteroatoms. The molecule has 1 N–H and O–H groups in total. The van der Waals surface area contributed by atoms with E-state index in [9.17, 15) is 4.79 Å². The van der Waals surface area contributed by atoms with Crippen molar-refractivity contribution < 1.29 is 0 Å². The van der Waals surface area contributed by atoms with Gasteiger partial charge in [-0.2, -0.15) is 0 Å². The van der Waals surface area contributed by atoms with E-state index in [1.807, 2.05) is 28.8 Å². The van der Waals surface area contributed by atoms with E-state index in [0.717, 1.165) is 109 Å². The molecule has 2 spiro atoms. The second kappa shape index (κ2) is 12.0. The summed E-state index contributed by atoms with van der Waals surface area (Å²) in [6.45, 7) is 2.06. The number of aryl methyl sites for hydroxylation is 1. The number of nitrogens with one attached hydrogen (secondary N) is 1. The molecule has 4 aliphatic rings. The average molecular weight is 667 g/mol. The molecule has 6 nitrogen and oxygen atoms in total. The van der Waals surface area contributed by atoms with E-state index in [2.05, 4.69) is 60.4 Å². The van der Waals surface area contributed by atoms with Gasteiger partial charge in [0.1, 0.15) is 5.82 Å². The van der Waals surface area contributed by atoms with Crippen molar-refractivity contribution in [2.24, 2.45) is 0 Å². The van der Waals surface area contributed by atoms with Crippen molar-refractivity contribution in [2.45, 2.75) is 106 Å². The second-order valence-electron chi connectivity index (χ2n) is 14.9. The number of hydrogen-bond donors (Lipinski definition) is 1. The highest BCUT2D eigenvalue weighted by Crippen LogP contribution is 2.50. The molecule has 0 amide bonds. The summed E-state index contributed by atoms with van der Waals surface area (Å²) in [7, 11) is 0. The van der Waals surface area contributed by atoms with Crippen molar-refractivity contribution in [3.63, 3.8) is 0 Å². The fourth-order valence-corrected chi connectivity index (χ4v) is 10.6. The van der Waals surface area contributed by atoms with E-state index in [-0.39, 0.29) is 21.9 Å². The molecule has 2 fully saturated rings. The SMILES string of the molecule is Cc1ccccc1-n1c(SCc2nc3c(c(=O)[nH]2)C2(CCCCC2)Cc2ccccc2-3)nc2c(c1=O)C1(CCCCC1)Cc1ccccc1-2. The van der Waals surface area contributed by atoms with Gasteiger partial charge in [0, 0.05) is 22.0 Å². The van der Waals surface area contributed by atoms with Gasteiger partial charge in [-0.1, -0.05) is 117 Å². The average Bonchev–Trinajstić information content (AvgIpc) is 3.12. The van der Waals surface area contributed by atoms with Gasteiger partial charge >= 0.3 is 0 Å². The maximum atomic E-state index is 15.1. The third kappa shape index (κ3) is 4.99. The summed E-state index contributed by atoms with van der Waals surface area (Å²) in [5.74, 6) is 1.01. The minimum absolute atomic E-state index is 0.0140. The minimum atomic E-state index is -0.201. The van der Waals surface area contributed by atoms with Crippen molar-refractivity contribution in [2.75, 3.05) is 0 Å². The molecule has 2 heterocycles. The highest BCUT2D eigenvalue weighted by molar-refractivity contribution is 7.98. The zero-order valence-electron chi connectivity index (χ0n) is 28.2. The Morgan fingerprint density at radius 3 is 1.88 bits per heavy atom. The van der Waals surface area contributed by atoms with Crippen molar-refractivity contribution in [1.29, 1.82) is 0 Å². The van der Waals surface area contributed by atoms with Gasteiger partial charge < -0.3 is 4.98 Å². The smallest absolute Gasteiger partial charge is 0.263 e. The number of rotatable bonds is 4. The van der Waals surface area contributed by atoms with Gasteiger partial charge in [0.2, 0.25) is 0 Å². The summed E-state index contributed by atoms with van der Waals surface area (Å²) in [5.41, 5.74) is 9.69. The van der Waals surface area contributed by atoms with Crippen LogP contribution in [0.5, 0.6) is 0 Å². The number of H-pyrrole nitrogens is 1. The molecule has 0 radical (unpaired) electrons. The molecule has 4 aliphatic carbocycles. The van der Waals surface area contributed by atoms with Crippen LogP contribution in [-0.2, 0) is 29.4 Å². The van der Waals surface area contributed by atoms with Crippen LogP contribution in [0, 0.1) is 6.92 Å². The van der Waals surface area contributed by atoms with E-state index >= 15 is 4.79 Å². The summed E-state index contributed by atoms with van der Waals surface area (Å²) in [6, 6.07) is 25.1. The normalized spacial score (nSPS) is 18.4. The number of thioether (sulfide) groups is 1. The molecular formula is C42H42N4O2S. The fraction of sp³-hybridized carbons (Fsp3) is 0.381. The number of nitrogens with zero attached hydrogens (tertiary/aromatic N) is 3. The van der Waals surface area contributed by atoms with E-state index < -0.39 is 0 Å². The van der Waals surface area contributed by atoms with Crippen LogP contribution in [0.15, 0.2) is 87.5 Å². The monoisotopic (exact) mass is 666 g/mol. The van der Waals surface area contributed by atoms with Gasteiger partial charge in [0.15, 0.2) is 5.16 Å². The Hall–Kier alpha value is -4.23. The molecule has 0 bridgehead atoms. The number of aromatic amines is 1. The third-order valence-corrected chi connectivity index (χ3v) is 12.9. The maximum absolute atomic E-state index is 15.1. The summed E-state index contributed by atoms with van der Waals surface area (Å²) >= 11 is 1.49. The Morgan fingerprint density at radius 2 is 1.24 bits per heavy atom. The first kappa shape index (κ1) is 30.8. The molecule has 0 aliphatic heterocycles. The predicted octanol–water partition coefficient (Wildman–Crippen LogP) is 8.77. The number of aromatic nitrogens is 4. The third-order valence-electron chi connectivity index (χ3n) is 12.0. The van der Waals surface area contributed by atoms with Crippen LogP contribution in [-0.4, -0.2) is 19.5 Å². The Balaban J connectivity index is 1.19. The molecule has 9 rings (SSSR count). The Morgan fingerprint density at radius 1 is 0.694 bits per heavy atom. The first-order chi connectivity index (χ1) is 24.0. The lowest BCUT2D eigenvalue weighted by molar-refractivity contribution is 0.283. The van der Waals surface area contributed by atoms with Crippen molar-refractivity contribution in [3.8, 4) is 28.2 Å². The molecule has 0 atom stereocenters. The van der Waals surface area contributed by atoms with Crippen LogP contribution in [0.3, 0.4) is 0 Å². The quantitative estimate of drug-likeness (QED) is 0.153. The fourth-order valence-electron chi connectivity index (χ4n) is 9.73. The number of hydrogen-bond acceptors (Lipinski definition) is 5. The lowest BCUT2D eigenvalue weighted by Crippen LogP contribution is -2.43. The maximum Gasteiger partial charge on any atom is 0.263 e. The van der Waals surface area contributed by atoms with Gasteiger partial charge in [-0.15, -0.1) is 0 Å². The lowest BCUT2D eigenvalue weighted by atomic mass is 9.62. The summed E-state index contributed by atoms with van der Waals surface area (Å²) in [5, 5.41) is 0.630. The van der Waals surface area contributed by atoms with Gasteiger partial charge in [-0.3, -0.25) is 14.2 Å². The predicted molar refractivity (Wildman–Crippen MR) is 197 cm³/mol. The summed E-state index contributed by atoms with van der Waals surface area (Å²) in [6.07, 6.45) is 12.8. The van der Waals surface area contributed by atoms with E-state index in [0.29, 0.717) is 16.7 Å². The lowest BCUT2D eigenvalue weighted by Gasteiger charge is -2.42. The Bertz CT molecular complexity index is 2220. The van der Waals surface area contributed by atoms with Crippen LogP contribution >= 0.6 is 11.8 Å². The molecule has 248 valence electrons. The highest BCUT2D eigenvalue weighted by Gasteiger charge is 2.45. The molecule has 2 aromatic heterocycles. The van der Waals surface area contributed by atoms with Crippen LogP contribution in [0.2, 0.25) is 0 Å². The summed E-state index contributed by atoms with van der Waals surface area (Å²) in [4.78, 5) is 43.0. The van der Waals surface area contributed by atoms with Crippen LogP contribution in [0.25, 0.3) is 28.2 Å². The molecular weight excluding hydrogens is 625 g/mol. The van der Waals surface area contributed by atoms with Crippen molar-refractivity contribution in [1.82, 2.24) is 19.5 Å². The number of benzene rings is 3. The van der Waals surface area contributed by atoms with Crippen LogP contribution in [0.4, 0.5) is 0 Å². The first-order valence-corrected chi connectivity index (χ1v) is 19.1. The standard InChI is InChI=1S/C42H42N4O2S/c1-27-14-4-9-19-32(27)46-39(48)35-37(31-18-8-6-16-29(31)25-42(35)22-12-3-13-23-42)45-40(46)49-26-33-43-36-30-17-7-5-15-28(30)24-41(20-10-2-11-21-41)34(36)38(47)44-33/h4-9,14-19H,2-3,10-13,20-26H2,1H3,(H,43,44,47). The Labute approximate surface area is 291 Å². The topological polar surface area (TPSA) is 80.6 Å². The molecule has 5 aromatic rings. The largest absolute Gasteiger partial charge is 0.310 e. The van der Waals surface area contributed by atoms with Crippen molar-refractivity contribution >= 4 is 11.8 Å². The van der Waals surface area contributed by atoms with Crippen LogP contribution in [0.1, 0.15) is 97.8 Å². The number of fused-ring (bicyclic) bond motifs is 8. The molecule has 2 saturated carbocycles. The van der Waals surface area contributed by atoms with E-state index in [1.54, 1.807) is 0 Å². The van der Waals surface area contributed by atoms with Gasteiger partial charge in [0.25, 0.3) is 11.1 Å². The second-order valence-corrected chi connectivity index (χ2v) is 15.9. The summed E-state index contributed by atoms with van der Waals surface area (Å²) < 4.78 is 1.85. The van der Waals surface area contributed by atoms with E-state index in [1.165, 1.54) is 35.7 Å². The van der Waals surface area contributed by atoms with Crippen LogP contribution < -0.4 is 11.1 Å². The van der Waals surface area contributed by atoms with Gasteiger partial charge in [-0.05, 0) is 68.2 Å². The molecule has 0 unspecified atom stereocenters.